The summed E-state index contributed by atoms with van der Waals surface area (Å²) in [5, 5.41) is 9.38. The van der Waals surface area contributed by atoms with E-state index in [-0.39, 0.29) is 11.9 Å². The largest absolute Gasteiger partial charge is 0.332 e. The molecule has 3 nitrogen and oxygen atoms in total. The van der Waals surface area contributed by atoms with Crippen LogP contribution >= 0.6 is 11.6 Å². The first-order valence-corrected chi connectivity index (χ1v) is 7.44. The standard InChI is InChI=1S/C18H17ClN2O/c1-13(2)21(12-15-8-6-14(11-20)7-9-15)18(22)16-4-3-5-17(19)10-16/h3-10,13H,12H2,1-2H3. The summed E-state index contributed by atoms with van der Waals surface area (Å²) < 4.78 is 0. The van der Waals surface area contributed by atoms with E-state index in [0.29, 0.717) is 22.7 Å². The third-order valence-corrected chi connectivity index (χ3v) is 3.63. The molecule has 0 aliphatic rings. The zero-order chi connectivity index (χ0) is 16.1. The van der Waals surface area contributed by atoms with Gasteiger partial charge in [-0.15, -0.1) is 0 Å². The van der Waals surface area contributed by atoms with Crippen LogP contribution in [-0.4, -0.2) is 16.8 Å². The van der Waals surface area contributed by atoms with Crippen molar-refractivity contribution in [1.29, 1.82) is 5.26 Å². The van der Waals surface area contributed by atoms with Gasteiger partial charge in [-0.05, 0) is 49.7 Å². The molecule has 0 atom stereocenters. The van der Waals surface area contributed by atoms with E-state index in [4.69, 9.17) is 16.9 Å². The first-order valence-electron chi connectivity index (χ1n) is 7.07. The fourth-order valence-corrected chi connectivity index (χ4v) is 2.35. The average Bonchev–Trinajstić information content (AvgIpc) is 2.52. The maximum Gasteiger partial charge on any atom is 0.254 e. The number of rotatable bonds is 4. The molecule has 0 aliphatic carbocycles. The highest BCUT2D eigenvalue weighted by Gasteiger charge is 2.19. The predicted molar refractivity (Wildman–Crippen MR) is 87.6 cm³/mol. The van der Waals surface area contributed by atoms with Crippen molar-refractivity contribution in [1.82, 2.24) is 4.90 Å². The van der Waals surface area contributed by atoms with Gasteiger partial charge in [0, 0.05) is 23.2 Å². The van der Waals surface area contributed by atoms with Crippen LogP contribution in [-0.2, 0) is 6.54 Å². The zero-order valence-corrected chi connectivity index (χ0v) is 13.3. The van der Waals surface area contributed by atoms with Gasteiger partial charge in [0.1, 0.15) is 0 Å². The summed E-state index contributed by atoms with van der Waals surface area (Å²) >= 11 is 5.97. The second-order valence-corrected chi connectivity index (χ2v) is 5.78. The van der Waals surface area contributed by atoms with Crippen LogP contribution < -0.4 is 0 Å². The van der Waals surface area contributed by atoms with Crippen LogP contribution in [0.4, 0.5) is 0 Å². The van der Waals surface area contributed by atoms with Gasteiger partial charge in [-0.2, -0.15) is 5.26 Å². The van der Waals surface area contributed by atoms with E-state index < -0.39 is 0 Å². The number of carbonyl (C=O) groups excluding carboxylic acids is 1. The summed E-state index contributed by atoms with van der Waals surface area (Å²) in [5.41, 5.74) is 2.18. The minimum atomic E-state index is -0.0538. The molecule has 0 unspecified atom stereocenters. The molecule has 0 saturated carbocycles. The van der Waals surface area contributed by atoms with Crippen molar-refractivity contribution in [3.05, 3.63) is 70.2 Å². The van der Waals surface area contributed by atoms with Gasteiger partial charge in [0.25, 0.3) is 5.91 Å². The summed E-state index contributed by atoms with van der Waals surface area (Å²) in [6.07, 6.45) is 0. The molecule has 22 heavy (non-hydrogen) atoms. The number of nitrogens with zero attached hydrogens (tertiary/aromatic N) is 2. The van der Waals surface area contributed by atoms with Gasteiger partial charge in [0.05, 0.1) is 11.6 Å². The minimum Gasteiger partial charge on any atom is -0.332 e. The predicted octanol–water partition coefficient (Wildman–Crippen LogP) is 4.26. The number of hydrogen-bond donors (Lipinski definition) is 0. The molecule has 2 rings (SSSR count). The zero-order valence-electron chi connectivity index (χ0n) is 12.6. The van der Waals surface area contributed by atoms with Gasteiger partial charge in [0.15, 0.2) is 0 Å². The van der Waals surface area contributed by atoms with E-state index in [1.165, 1.54) is 0 Å². The fourth-order valence-electron chi connectivity index (χ4n) is 2.16. The number of benzene rings is 2. The molecular formula is C18H17ClN2O. The van der Waals surface area contributed by atoms with Crippen LogP contribution in [0.25, 0.3) is 0 Å². The molecule has 2 aromatic rings. The van der Waals surface area contributed by atoms with E-state index >= 15 is 0 Å². The Morgan fingerprint density at radius 3 is 2.45 bits per heavy atom. The van der Waals surface area contributed by atoms with Crippen molar-refractivity contribution in [2.75, 3.05) is 0 Å². The highest BCUT2D eigenvalue weighted by atomic mass is 35.5. The van der Waals surface area contributed by atoms with Gasteiger partial charge >= 0.3 is 0 Å². The Morgan fingerprint density at radius 1 is 1.23 bits per heavy atom. The van der Waals surface area contributed by atoms with Crippen LogP contribution in [0.2, 0.25) is 5.02 Å². The van der Waals surface area contributed by atoms with Gasteiger partial charge in [-0.1, -0.05) is 29.8 Å². The molecule has 0 aromatic heterocycles. The molecular weight excluding hydrogens is 296 g/mol. The monoisotopic (exact) mass is 312 g/mol. The Kier molecular flexibility index (Phi) is 5.19. The molecule has 2 aromatic carbocycles. The van der Waals surface area contributed by atoms with E-state index in [9.17, 15) is 4.79 Å². The molecule has 0 spiro atoms. The van der Waals surface area contributed by atoms with Crippen molar-refractivity contribution in [3.63, 3.8) is 0 Å². The van der Waals surface area contributed by atoms with Crippen molar-refractivity contribution in [3.8, 4) is 6.07 Å². The number of halogens is 1. The quantitative estimate of drug-likeness (QED) is 0.846. The molecule has 0 bridgehead atoms. The van der Waals surface area contributed by atoms with E-state index in [2.05, 4.69) is 6.07 Å². The molecule has 0 fully saturated rings. The first-order chi connectivity index (χ1) is 10.5. The lowest BCUT2D eigenvalue weighted by Crippen LogP contribution is -2.36. The molecule has 1 amide bonds. The number of nitriles is 1. The van der Waals surface area contributed by atoms with Crippen molar-refractivity contribution < 1.29 is 4.79 Å². The van der Waals surface area contributed by atoms with Crippen LogP contribution in [0, 0.1) is 11.3 Å². The smallest absolute Gasteiger partial charge is 0.254 e. The Labute approximate surface area is 135 Å². The SMILES string of the molecule is CC(C)N(Cc1ccc(C#N)cc1)C(=O)c1cccc(Cl)c1. The van der Waals surface area contributed by atoms with Crippen molar-refractivity contribution in [2.24, 2.45) is 0 Å². The Balaban J connectivity index is 2.22. The Morgan fingerprint density at radius 2 is 1.91 bits per heavy atom. The number of amides is 1. The first kappa shape index (κ1) is 16.1. The fraction of sp³-hybridized carbons (Fsp3) is 0.222. The summed E-state index contributed by atoms with van der Waals surface area (Å²) in [4.78, 5) is 14.5. The second-order valence-electron chi connectivity index (χ2n) is 5.35. The van der Waals surface area contributed by atoms with Crippen LogP contribution in [0.5, 0.6) is 0 Å². The topological polar surface area (TPSA) is 44.1 Å². The molecule has 0 aliphatic heterocycles. The lowest BCUT2D eigenvalue weighted by atomic mass is 10.1. The number of carbonyl (C=O) groups is 1. The molecule has 4 heteroatoms. The summed E-state index contributed by atoms with van der Waals surface area (Å²) in [6, 6.07) is 16.4. The highest BCUT2D eigenvalue weighted by Crippen LogP contribution is 2.17. The van der Waals surface area contributed by atoms with Crippen LogP contribution in [0.3, 0.4) is 0 Å². The van der Waals surface area contributed by atoms with Crippen molar-refractivity contribution in [2.45, 2.75) is 26.4 Å². The third kappa shape index (κ3) is 3.87. The lowest BCUT2D eigenvalue weighted by molar-refractivity contribution is 0.0690. The molecule has 0 N–H and O–H groups in total. The summed E-state index contributed by atoms with van der Waals surface area (Å²) in [5.74, 6) is -0.0538. The summed E-state index contributed by atoms with van der Waals surface area (Å²) in [6.45, 7) is 4.45. The highest BCUT2D eigenvalue weighted by molar-refractivity contribution is 6.30. The molecule has 0 saturated heterocycles. The van der Waals surface area contributed by atoms with E-state index in [0.717, 1.165) is 5.56 Å². The normalized spacial score (nSPS) is 10.3. The van der Waals surface area contributed by atoms with Crippen LogP contribution in [0.1, 0.15) is 35.3 Å². The maximum absolute atomic E-state index is 12.7. The maximum atomic E-state index is 12.7. The number of hydrogen-bond acceptors (Lipinski definition) is 2. The third-order valence-electron chi connectivity index (χ3n) is 3.39. The average molecular weight is 313 g/mol. The molecule has 0 heterocycles. The van der Waals surface area contributed by atoms with Crippen molar-refractivity contribution >= 4 is 17.5 Å². The molecule has 0 radical (unpaired) electrons. The Hall–Kier alpha value is -2.31. The lowest BCUT2D eigenvalue weighted by Gasteiger charge is -2.27. The van der Waals surface area contributed by atoms with Gasteiger partial charge in [-0.25, -0.2) is 0 Å². The molecule has 112 valence electrons. The van der Waals surface area contributed by atoms with Gasteiger partial charge in [0.2, 0.25) is 0 Å². The summed E-state index contributed by atoms with van der Waals surface area (Å²) in [7, 11) is 0. The van der Waals surface area contributed by atoms with E-state index in [1.54, 1.807) is 41.3 Å². The second kappa shape index (κ2) is 7.11. The van der Waals surface area contributed by atoms with Gasteiger partial charge in [-0.3, -0.25) is 4.79 Å². The Bertz CT molecular complexity index is 702. The van der Waals surface area contributed by atoms with Crippen LogP contribution in [0.15, 0.2) is 48.5 Å². The van der Waals surface area contributed by atoms with E-state index in [1.807, 2.05) is 26.0 Å². The van der Waals surface area contributed by atoms with Gasteiger partial charge < -0.3 is 4.90 Å². The minimum absolute atomic E-state index is 0.0538.